The fourth-order valence-corrected chi connectivity index (χ4v) is 3.08. The summed E-state index contributed by atoms with van der Waals surface area (Å²) in [6.07, 6.45) is 0. The van der Waals surface area contributed by atoms with Gasteiger partial charge in [-0.3, -0.25) is 0 Å². The lowest BCUT2D eigenvalue weighted by atomic mass is 10.3. The first-order valence-corrected chi connectivity index (χ1v) is 6.60. The maximum atomic E-state index is 4.63. The molecule has 1 N–H and O–H groups in total. The average molecular weight is 238 g/mol. The number of nitrogens with one attached hydrogen (secondary N) is 1. The lowest BCUT2D eigenvalue weighted by molar-refractivity contribution is 0.648. The van der Waals surface area contributed by atoms with Gasteiger partial charge in [0, 0.05) is 10.3 Å². The topological polar surface area (TPSA) is 24.9 Å². The molecule has 0 aromatic carbocycles. The van der Waals surface area contributed by atoms with Crippen molar-refractivity contribution in [3.63, 3.8) is 0 Å². The first-order valence-electron chi connectivity index (χ1n) is 4.90. The van der Waals surface area contributed by atoms with Crippen molar-refractivity contribution in [3.05, 3.63) is 27.4 Å². The van der Waals surface area contributed by atoms with Crippen molar-refractivity contribution >= 4 is 22.7 Å². The summed E-state index contributed by atoms with van der Waals surface area (Å²) in [6, 6.07) is 4.62. The van der Waals surface area contributed by atoms with Crippen molar-refractivity contribution < 1.29 is 0 Å². The standard InChI is InChI=1S/C11H14N2S2/c1-7-4-5-10(15-7)9-6-14-11(13-9)8(2)12-3/h4-6,8,12H,1-3H3. The molecule has 2 nitrogen and oxygen atoms in total. The van der Waals surface area contributed by atoms with E-state index >= 15 is 0 Å². The van der Waals surface area contributed by atoms with Crippen LogP contribution in [0.25, 0.3) is 10.6 Å². The Bertz CT molecular complexity index is 445. The van der Waals surface area contributed by atoms with Crippen molar-refractivity contribution in [1.29, 1.82) is 0 Å². The smallest absolute Gasteiger partial charge is 0.110 e. The van der Waals surface area contributed by atoms with Crippen LogP contribution in [0.1, 0.15) is 22.9 Å². The van der Waals surface area contributed by atoms with E-state index in [0.717, 1.165) is 10.7 Å². The fourth-order valence-electron chi connectivity index (χ4n) is 1.30. The molecule has 0 bridgehead atoms. The summed E-state index contributed by atoms with van der Waals surface area (Å²) < 4.78 is 0. The van der Waals surface area contributed by atoms with Crippen molar-refractivity contribution in [1.82, 2.24) is 10.3 Å². The summed E-state index contributed by atoms with van der Waals surface area (Å²) in [5, 5.41) is 6.49. The molecule has 1 unspecified atom stereocenters. The fraction of sp³-hybridized carbons (Fsp3) is 0.364. The Morgan fingerprint density at radius 3 is 2.80 bits per heavy atom. The van der Waals surface area contributed by atoms with E-state index in [4.69, 9.17) is 0 Å². The Morgan fingerprint density at radius 2 is 2.20 bits per heavy atom. The Hall–Kier alpha value is -0.710. The highest BCUT2D eigenvalue weighted by Gasteiger charge is 2.10. The minimum Gasteiger partial charge on any atom is -0.311 e. The van der Waals surface area contributed by atoms with E-state index < -0.39 is 0 Å². The maximum absolute atomic E-state index is 4.63. The lowest BCUT2D eigenvalue weighted by Crippen LogP contribution is -2.11. The van der Waals surface area contributed by atoms with Crippen molar-refractivity contribution in [2.75, 3.05) is 7.05 Å². The van der Waals surface area contributed by atoms with Gasteiger partial charge in [-0.1, -0.05) is 0 Å². The normalized spacial score (nSPS) is 13.0. The van der Waals surface area contributed by atoms with Crippen molar-refractivity contribution in [2.45, 2.75) is 19.9 Å². The van der Waals surface area contributed by atoms with Gasteiger partial charge in [0.2, 0.25) is 0 Å². The molecule has 0 saturated carbocycles. The Morgan fingerprint density at radius 1 is 1.40 bits per heavy atom. The van der Waals surface area contributed by atoms with Gasteiger partial charge >= 0.3 is 0 Å². The van der Waals surface area contributed by atoms with Gasteiger partial charge in [0.15, 0.2) is 0 Å². The summed E-state index contributed by atoms with van der Waals surface area (Å²) in [7, 11) is 1.96. The minimum absolute atomic E-state index is 0.338. The zero-order valence-electron chi connectivity index (χ0n) is 9.07. The second-order valence-electron chi connectivity index (χ2n) is 3.49. The minimum atomic E-state index is 0.338. The molecule has 4 heteroatoms. The van der Waals surface area contributed by atoms with E-state index in [1.807, 2.05) is 7.05 Å². The van der Waals surface area contributed by atoms with Crippen LogP contribution < -0.4 is 5.32 Å². The molecule has 0 saturated heterocycles. The molecule has 2 rings (SSSR count). The Kier molecular flexibility index (Phi) is 3.19. The molecular weight excluding hydrogens is 224 g/mol. The molecule has 0 radical (unpaired) electrons. The van der Waals surface area contributed by atoms with E-state index in [0.29, 0.717) is 6.04 Å². The highest BCUT2D eigenvalue weighted by Crippen LogP contribution is 2.30. The van der Waals surface area contributed by atoms with Crippen LogP contribution in [0, 0.1) is 6.92 Å². The van der Waals surface area contributed by atoms with E-state index in [1.54, 1.807) is 22.7 Å². The predicted molar refractivity (Wildman–Crippen MR) is 67.6 cm³/mol. The van der Waals surface area contributed by atoms with Gasteiger partial charge in [-0.15, -0.1) is 22.7 Å². The molecule has 1 atom stereocenters. The number of hydrogen-bond acceptors (Lipinski definition) is 4. The van der Waals surface area contributed by atoms with E-state index in [2.05, 4.69) is 41.7 Å². The lowest BCUT2D eigenvalue weighted by Gasteiger charge is -2.04. The first kappa shape index (κ1) is 10.8. The van der Waals surface area contributed by atoms with Crippen LogP contribution in [0.4, 0.5) is 0 Å². The second-order valence-corrected chi connectivity index (χ2v) is 5.67. The summed E-state index contributed by atoms with van der Waals surface area (Å²) in [5.41, 5.74) is 1.11. The van der Waals surface area contributed by atoms with Gasteiger partial charge in [0.25, 0.3) is 0 Å². The van der Waals surface area contributed by atoms with Crippen LogP contribution in [0.2, 0.25) is 0 Å². The van der Waals surface area contributed by atoms with Gasteiger partial charge in [-0.2, -0.15) is 0 Å². The zero-order valence-corrected chi connectivity index (χ0v) is 10.7. The number of aryl methyl sites for hydroxylation is 1. The van der Waals surface area contributed by atoms with Crippen molar-refractivity contribution in [3.8, 4) is 10.6 Å². The summed E-state index contributed by atoms with van der Waals surface area (Å²) in [6.45, 7) is 4.25. The van der Waals surface area contributed by atoms with Crippen LogP contribution in [0.15, 0.2) is 17.5 Å². The quantitative estimate of drug-likeness (QED) is 0.885. The highest BCUT2D eigenvalue weighted by molar-refractivity contribution is 7.16. The van der Waals surface area contributed by atoms with Crippen LogP contribution >= 0.6 is 22.7 Å². The van der Waals surface area contributed by atoms with E-state index in [9.17, 15) is 0 Å². The molecule has 2 heterocycles. The van der Waals surface area contributed by atoms with Gasteiger partial charge in [0.1, 0.15) is 5.01 Å². The molecule has 0 spiro atoms. The number of thiophene rings is 1. The predicted octanol–water partition coefficient (Wildman–Crippen LogP) is 3.46. The second kappa shape index (κ2) is 4.43. The van der Waals surface area contributed by atoms with Crippen molar-refractivity contribution in [2.24, 2.45) is 0 Å². The molecule has 0 aliphatic carbocycles. The number of nitrogens with zero attached hydrogens (tertiary/aromatic N) is 1. The third-order valence-corrected chi connectivity index (χ3v) is 4.37. The molecule has 2 aromatic rings. The highest BCUT2D eigenvalue weighted by atomic mass is 32.1. The maximum Gasteiger partial charge on any atom is 0.110 e. The molecule has 0 aliphatic heterocycles. The SMILES string of the molecule is CNC(C)c1nc(-c2ccc(C)s2)cs1. The van der Waals surface area contributed by atoms with Crippen LogP contribution in [0.5, 0.6) is 0 Å². The molecule has 0 fully saturated rings. The molecule has 80 valence electrons. The van der Waals surface area contributed by atoms with E-state index in [-0.39, 0.29) is 0 Å². The first-order chi connectivity index (χ1) is 7.20. The largest absolute Gasteiger partial charge is 0.311 e. The number of thiazole rings is 1. The third-order valence-electron chi connectivity index (χ3n) is 2.32. The summed E-state index contributed by atoms with van der Waals surface area (Å²) in [5.74, 6) is 0. The monoisotopic (exact) mass is 238 g/mol. The Balaban J connectivity index is 2.27. The number of hydrogen-bond donors (Lipinski definition) is 1. The summed E-state index contributed by atoms with van der Waals surface area (Å²) in [4.78, 5) is 7.23. The molecule has 15 heavy (non-hydrogen) atoms. The van der Waals surface area contributed by atoms with Crippen LogP contribution in [-0.4, -0.2) is 12.0 Å². The van der Waals surface area contributed by atoms with Gasteiger partial charge in [-0.05, 0) is 33.0 Å². The van der Waals surface area contributed by atoms with Gasteiger partial charge in [-0.25, -0.2) is 4.98 Å². The van der Waals surface area contributed by atoms with Gasteiger partial charge < -0.3 is 5.32 Å². The Labute approximate surface area is 98.0 Å². The summed E-state index contributed by atoms with van der Waals surface area (Å²) >= 11 is 3.52. The van der Waals surface area contributed by atoms with Crippen LogP contribution in [0.3, 0.4) is 0 Å². The number of aromatic nitrogens is 1. The van der Waals surface area contributed by atoms with Gasteiger partial charge in [0.05, 0.1) is 16.6 Å². The number of rotatable bonds is 3. The molecule has 2 aromatic heterocycles. The molecular formula is C11H14N2S2. The third kappa shape index (κ3) is 2.27. The van der Waals surface area contributed by atoms with E-state index in [1.165, 1.54) is 9.75 Å². The zero-order chi connectivity index (χ0) is 10.8. The molecule has 0 amide bonds. The molecule has 0 aliphatic rings. The average Bonchev–Trinajstić information content (AvgIpc) is 2.84. The van der Waals surface area contributed by atoms with Crippen LogP contribution in [-0.2, 0) is 0 Å².